The van der Waals surface area contributed by atoms with Crippen molar-refractivity contribution in [3.05, 3.63) is 23.9 Å². The van der Waals surface area contributed by atoms with Gasteiger partial charge in [-0.1, -0.05) is 6.07 Å². The van der Waals surface area contributed by atoms with Crippen molar-refractivity contribution < 1.29 is 4.21 Å². The first-order valence-corrected chi connectivity index (χ1v) is 6.21. The third-order valence-electron chi connectivity index (χ3n) is 2.13. The van der Waals surface area contributed by atoms with Gasteiger partial charge in [-0.15, -0.1) is 0 Å². The summed E-state index contributed by atoms with van der Waals surface area (Å²) in [7, 11) is -0.781. The second kappa shape index (κ2) is 5.10. The Kier molecular flexibility index (Phi) is 4.07. The second-order valence-electron chi connectivity index (χ2n) is 3.36. The lowest BCUT2D eigenvalue weighted by atomic mass is 10.3. The van der Waals surface area contributed by atoms with Crippen LogP contribution >= 0.6 is 0 Å². The molecule has 1 aromatic rings. The Labute approximate surface area is 87.4 Å². The number of hydrogen-bond acceptors (Lipinski definition) is 3. The van der Waals surface area contributed by atoms with E-state index in [2.05, 4.69) is 10.3 Å². The van der Waals surface area contributed by atoms with Crippen molar-refractivity contribution in [1.82, 2.24) is 4.98 Å². The molecule has 0 aromatic carbocycles. The van der Waals surface area contributed by atoms with Crippen LogP contribution in [0.15, 0.2) is 18.3 Å². The highest BCUT2D eigenvalue weighted by molar-refractivity contribution is 7.84. The van der Waals surface area contributed by atoms with Crippen LogP contribution in [-0.4, -0.2) is 27.2 Å². The van der Waals surface area contributed by atoms with Crippen molar-refractivity contribution in [3.8, 4) is 0 Å². The Bertz CT molecular complexity index is 328. The van der Waals surface area contributed by atoms with Crippen LogP contribution in [-0.2, 0) is 10.8 Å². The summed E-state index contributed by atoms with van der Waals surface area (Å²) >= 11 is 0. The average molecular weight is 212 g/mol. The van der Waals surface area contributed by atoms with E-state index >= 15 is 0 Å². The van der Waals surface area contributed by atoms with Crippen molar-refractivity contribution in [1.29, 1.82) is 0 Å². The van der Waals surface area contributed by atoms with E-state index in [1.54, 1.807) is 12.5 Å². The minimum Gasteiger partial charge on any atom is -0.369 e. The van der Waals surface area contributed by atoms with Gasteiger partial charge in [-0.2, -0.15) is 0 Å². The summed E-state index contributed by atoms with van der Waals surface area (Å²) in [5.41, 5.74) is 1.11. The molecule has 0 spiro atoms. The summed E-state index contributed by atoms with van der Waals surface area (Å²) in [5, 5.41) is 3.34. The molecule has 1 heterocycles. The SMILES string of the molecule is Cc1cccnc1NCC(C)S(C)=O. The Balaban J connectivity index is 2.54. The molecule has 0 aliphatic carbocycles. The smallest absolute Gasteiger partial charge is 0.128 e. The number of aryl methyl sites for hydroxylation is 1. The molecule has 1 rings (SSSR count). The van der Waals surface area contributed by atoms with Gasteiger partial charge >= 0.3 is 0 Å². The highest BCUT2D eigenvalue weighted by Gasteiger charge is 2.06. The van der Waals surface area contributed by atoms with Gasteiger partial charge < -0.3 is 5.32 Å². The van der Waals surface area contributed by atoms with E-state index < -0.39 is 10.8 Å². The van der Waals surface area contributed by atoms with Gasteiger partial charge in [0.15, 0.2) is 0 Å². The number of aromatic nitrogens is 1. The van der Waals surface area contributed by atoms with Crippen LogP contribution < -0.4 is 5.32 Å². The van der Waals surface area contributed by atoms with Crippen molar-refractivity contribution in [3.63, 3.8) is 0 Å². The zero-order valence-electron chi connectivity index (χ0n) is 8.78. The molecule has 78 valence electrons. The number of nitrogens with one attached hydrogen (secondary N) is 1. The molecule has 1 N–H and O–H groups in total. The number of pyridine rings is 1. The van der Waals surface area contributed by atoms with E-state index in [1.165, 1.54) is 0 Å². The van der Waals surface area contributed by atoms with Crippen LogP contribution in [0.5, 0.6) is 0 Å². The van der Waals surface area contributed by atoms with Gasteiger partial charge in [0.1, 0.15) is 5.82 Å². The lowest BCUT2D eigenvalue weighted by molar-refractivity contribution is 0.678. The molecule has 0 saturated carbocycles. The first-order valence-electron chi connectivity index (χ1n) is 4.59. The van der Waals surface area contributed by atoms with Crippen molar-refractivity contribution in [2.75, 3.05) is 18.1 Å². The maximum atomic E-state index is 11.1. The largest absolute Gasteiger partial charge is 0.369 e. The normalized spacial score (nSPS) is 14.8. The summed E-state index contributed by atoms with van der Waals surface area (Å²) in [6, 6.07) is 3.91. The molecule has 0 bridgehead atoms. The molecule has 0 saturated heterocycles. The molecule has 14 heavy (non-hydrogen) atoms. The Hall–Kier alpha value is -0.900. The van der Waals surface area contributed by atoms with Crippen LogP contribution in [0, 0.1) is 6.92 Å². The fraction of sp³-hybridized carbons (Fsp3) is 0.500. The minimum atomic E-state index is -0.781. The van der Waals surface area contributed by atoms with Crippen molar-refractivity contribution in [2.24, 2.45) is 0 Å². The van der Waals surface area contributed by atoms with Crippen molar-refractivity contribution >= 4 is 16.6 Å². The maximum Gasteiger partial charge on any atom is 0.128 e. The highest BCUT2D eigenvalue weighted by atomic mass is 32.2. The molecular formula is C10H16N2OS. The molecule has 0 fully saturated rings. The molecular weight excluding hydrogens is 196 g/mol. The third-order valence-corrected chi connectivity index (χ3v) is 3.43. The van der Waals surface area contributed by atoms with Gasteiger partial charge in [0.2, 0.25) is 0 Å². The monoisotopic (exact) mass is 212 g/mol. The van der Waals surface area contributed by atoms with Crippen LogP contribution in [0.2, 0.25) is 0 Å². The number of nitrogens with zero attached hydrogens (tertiary/aromatic N) is 1. The van der Waals surface area contributed by atoms with Gasteiger partial charge in [0, 0.05) is 35.0 Å². The third kappa shape index (κ3) is 3.10. The molecule has 3 nitrogen and oxygen atoms in total. The summed E-state index contributed by atoms with van der Waals surface area (Å²) < 4.78 is 11.1. The average Bonchev–Trinajstić information content (AvgIpc) is 2.16. The predicted octanol–water partition coefficient (Wildman–Crippen LogP) is 1.57. The first kappa shape index (κ1) is 11.2. The molecule has 0 radical (unpaired) electrons. The van der Waals surface area contributed by atoms with Gasteiger partial charge in [-0.25, -0.2) is 4.98 Å². The highest BCUT2D eigenvalue weighted by Crippen LogP contribution is 2.09. The molecule has 0 amide bonds. The minimum absolute atomic E-state index is 0.149. The zero-order valence-corrected chi connectivity index (χ0v) is 9.60. The standard InChI is InChI=1S/C10H16N2OS/c1-8-5-4-6-11-10(8)12-7-9(2)14(3)13/h4-6,9H,7H2,1-3H3,(H,11,12). The Morgan fingerprint density at radius 3 is 2.93 bits per heavy atom. The van der Waals surface area contributed by atoms with Gasteiger partial charge in [-0.3, -0.25) is 4.21 Å². The zero-order chi connectivity index (χ0) is 10.6. The quantitative estimate of drug-likeness (QED) is 0.823. The lowest BCUT2D eigenvalue weighted by Gasteiger charge is -2.11. The van der Waals surface area contributed by atoms with E-state index in [0.29, 0.717) is 6.54 Å². The Morgan fingerprint density at radius 1 is 1.64 bits per heavy atom. The molecule has 4 heteroatoms. The summed E-state index contributed by atoms with van der Waals surface area (Å²) in [6.07, 6.45) is 3.47. The number of hydrogen-bond donors (Lipinski definition) is 1. The summed E-state index contributed by atoms with van der Waals surface area (Å²) in [5.74, 6) is 0.879. The first-order chi connectivity index (χ1) is 6.61. The molecule has 0 aliphatic heterocycles. The summed E-state index contributed by atoms with van der Waals surface area (Å²) in [6.45, 7) is 4.66. The number of anilines is 1. The van der Waals surface area contributed by atoms with Gasteiger partial charge in [0.05, 0.1) is 0 Å². The molecule has 0 aliphatic rings. The summed E-state index contributed by atoms with van der Waals surface area (Å²) in [4.78, 5) is 4.20. The van der Waals surface area contributed by atoms with Crippen LogP contribution in [0.4, 0.5) is 5.82 Å². The van der Waals surface area contributed by atoms with Gasteiger partial charge in [-0.05, 0) is 25.5 Å². The molecule has 2 atom stereocenters. The van der Waals surface area contributed by atoms with E-state index in [-0.39, 0.29) is 5.25 Å². The fourth-order valence-electron chi connectivity index (χ4n) is 1.03. The lowest BCUT2D eigenvalue weighted by Crippen LogP contribution is -2.21. The number of rotatable bonds is 4. The topological polar surface area (TPSA) is 42.0 Å². The van der Waals surface area contributed by atoms with Crippen molar-refractivity contribution in [2.45, 2.75) is 19.1 Å². The molecule has 1 aromatic heterocycles. The predicted molar refractivity (Wildman–Crippen MR) is 61.0 cm³/mol. The van der Waals surface area contributed by atoms with E-state index in [0.717, 1.165) is 11.4 Å². The Morgan fingerprint density at radius 2 is 2.36 bits per heavy atom. The fourth-order valence-corrected chi connectivity index (χ4v) is 1.35. The van der Waals surface area contributed by atoms with Crippen LogP contribution in [0.25, 0.3) is 0 Å². The van der Waals surface area contributed by atoms with Crippen LogP contribution in [0.1, 0.15) is 12.5 Å². The van der Waals surface area contributed by atoms with E-state index in [4.69, 9.17) is 0 Å². The van der Waals surface area contributed by atoms with Gasteiger partial charge in [0.25, 0.3) is 0 Å². The maximum absolute atomic E-state index is 11.1. The van der Waals surface area contributed by atoms with E-state index in [9.17, 15) is 4.21 Å². The second-order valence-corrected chi connectivity index (χ2v) is 5.16. The van der Waals surface area contributed by atoms with E-state index in [1.807, 2.05) is 26.0 Å². The van der Waals surface area contributed by atoms with Crippen LogP contribution in [0.3, 0.4) is 0 Å². The molecule has 2 unspecified atom stereocenters.